The number of rotatable bonds is 8. The summed E-state index contributed by atoms with van der Waals surface area (Å²) in [6, 6.07) is 0.369. The van der Waals surface area contributed by atoms with Gasteiger partial charge in [0.2, 0.25) is 10.0 Å². The van der Waals surface area contributed by atoms with Gasteiger partial charge in [0, 0.05) is 38.2 Å². The van der Waals surface area contributed by atoms with E-state index in [1.807, 2.05) is 0 Å². The van der Waals surface area contributed by atoms with E-state index >= 15 is 0 Å². The lowest BCUT2D eigenvalue weighted by atomic mass is 9.89. The normalized spacial score (nSPS) is 29.7. The molecule has 3 aliphatic heterocycles. The fraction of sp³-hybridized carbons (Fsp3) is 0.640. The number of sulfonamides is 1. The van der Waals surface area contributed by atoms with Crippen LogP contribution in [0.25, 0.3) is 11.3 Å². The summed E-state index contributed by atoms with van der Waals surface area (Å²) in [4.78, 5) is 14.3. The topological polar surface area (TPSA) is 157 Å². The van der Waals surface area contributed by atoms with Crippen molar-refractivity contribution in [1.82, 2.24) is 24.2 Å². The predicted octanol–water partition coefficient (Wildman–Crippen LogP) is 0.674. The van der Waals surface area contributed by atoms with E-state index in [0.717, 1.165) is 18.4 Å². The summed E-state index contributed by atoms with van der Waals surface area (Å²) in [5.41, 5.74) is -0.0792. The van der Waals surface area contributed by atoms with Gasteiger partial charge in [-0.3, -0.25) is 0 Å². The molecule has 2 N–H and O–H groups in total. The zero-order valence-corrected chi connectivity index (χ0v) is 23.7. The largest absolute Gasteiger partial charge is 0.444 e. The lowest BCUT2D eigenvalue weighted by molar-refractivity contribution is -0.217. The second kappa shape index (κ2) is 12.0. The number of nitrogens with zero attached hydrogens (tertiary/aromatic N) is 5. The molecule has 2 aromatic rings. The van der Waals surface area contributed by atoms with E-state index in [-0.39, 0.29) is 30.3 Å². The number of ether oxygens (including phenoxy) is 3. The van der Waals surface area contributed by atoms with E-state index in [1.165, 1.54) is 22.3 Å². The van der Waals surface area contributed by atoms with Crippen LogP contribution in [0, 0.1) is 17.5 Å². The molecule has 13 nitrogen and oxygen atoms in total. The molecule has 42 heavy (non-hydrogen) atoms. The van der Waals surface area contributed by atoms with Crippen LogP contribution < -0.4 is 0 Å². The Labute approximate surface area is 239 Å². The van der Waals surface area contributed by atoms with Crippen LogP contribution in [0.1, 0.15) is 25.3 Å². The quantitative estimate of drug-likeness (QED) is 0.403. The zero-order valence-electron chi connectivity index (χ0n) is 22.8. The highest BCUT2D eigenvalue weighted by molar-refractivity contribution is 7.88. The number of aliphatic hydroxyl groups is 2. The third kappa shape index (κ3) is 5.98. The van der Waals surface area contributed by atoms with Crippen LogP contribution in [-0.2, 0) is 24.2 Å². The van der Waals surface area contributed by atoms with E-state index in [2.05, 4.69) is 10.3 Å². The fourth-order valence-corrected chi connectivity index (χ4v) is 6.79. The summed E-state index contributed by atoms with van der Waals surface area (Å²) in [7, 11) is -1.94. The van der Waals surface area contributed by atoms with Crippen LogP contribution in [0.15, 0.2) is 18.3 Å². The van der Waals surface area contributed by atoms with Gasteiger partial charge < -0.3 is 29.3 Å². The van der Waals surface area contributed by atoms with Gasteiger partial charge in [0.25, 0.3) is 0 Å². The summed E-state index contributed by atoms with van der Waals surface area (Å²) >= 11 is 0. The van der Waals surface area contributed by atoms with Gasteiger partial charge in [0.05, 0.1) is 31.7 Å². The van der Waals surface area contributed by atoms with Gasteiger partial charge in [-0.15, -0.1) is 5.10 Å². The van der Waals surface area contributed by atoms with Gasteiger partial charge in [-0.05, 0) is 25.0 Å². The molecule has 3 saturated heterocycles. The van der Waals surface area contributed by atoms with Crippen LogP contribution in [0.2, 0.25) is 0 Å². The molecule has 1 unspecified atom stereocenters. The molecular formula is C25H32F3N5O8S. The Hall–Kier alpha value is -2.83. The number of aliphatic hydroxyl groups excluding tert-OH is 2. The van der Waals surface area contributed by atoms with Crippen LogP contribution >= 0.6 is 0 Å². The lowest BCUT2D eigenvalue weighted by Gasteiger charge is -2.44. The Balaban J connectivity index is 1.31. The van der Waals surface area contributed by atoms with E-state index in [4.69, 9.17) is 14.2 Å². The number of cyclic esters (lactones) is 1. The summed E-state index contributed by atoms with van der Waals surface area (Å²) in [5.74, 6) is -4.42. The average molecular weight is 620 g/mol. The molecule has 0 saturated carbocycles. The van der Waals surface area contributed by atoms with Crippen LogP contribution in [0.5, 0.6) is 0 Å². The highest BCUT2D eigenvalue weighted by Crippen LogP contribution is 2.36. The number of hydrogen-bond acceptors (Lipinski definition) is 10. The molecule has 0 spiro atoms. The smallest absolute Gasteiger partial charge is 0.410 e. The Bertz CT molecular complexity index is 1380. The summed E-state index contributed by atoms with van der Waals surface area (Å²) in [5, 5.41) is 28.9. The van der Waals surface area contributed by atoms with E-state index in [1.54, 1.807) is 4.90 Å². The molecule has 6 atom stereocenters. The maximum absolute atomic E-state index is 13.8. The standard InChI is InChI=1S/C25H32F3N5O8S/c1-39-24-19(9-15-10-32(25(36)40-15)14-3-5-31(6-4-14)42(2,37)38)41-20(12-34)23(35)22(24)33-11-18(29-30-33)13-7-16(26)21(28)17(27)8-13/h7-8,11,14-15,19-20,22-24,34-35H,3-6,9-10,12H2,1-2H3/t15?,19-,20-,22+,23+,24+/m1/s1. The zero-order chi connectivity index (χ0) is 30.3. The minimum Gasteiger partial charge on any atom is -0.444 e. The maximum atomic E-state index is 13.8. The Morgan fingerprint density at radius 3 is 2.40 bits per heavy atom. The van der Waals surface area contributed by atoms with Gasteiger partial charge in [-0.2, -0.15) is 0 Å². The van der Waals surface area contributed by atoms with Crippen molar-refractivity contribution in [1.29, 1.82) is 0 Å². The number of carbonyl (C=O) groups is 1. The number of benzene rings is 1. The van der Waals surface area contributed by atoms with Crippen LogP contribution in [-0.4, -0.2) is 125 Å². The van der Waals surface area contributed by atoms with Gasteiger partial charge in [0.15, 0.2) is 17.5 Å². The number of methoxy groups -OCH3 is 1. The molecule has 17 heteroatoms. The lowest BCUT2D eigenvalue weighted by Crippen LogP contribution is -2.57. The summed E-state index contributed by atoms with van der Waals surface area (Å²) in [6.45, 7) is 0.259. The van der Waals surface area contributed by atoms with Gasteiger partial charge in [-0.1, -0.05) is 5.21 Å². The third-order valence-corrected chi connectivity index (χ3v) is 9.36. The van der Waals surface area contributed by atoms with E-state index < -0.39 is 76.7 Å². The molecule has 1 aromatic heterocycles. The van der Waals surface area contributed by atoms with Crippen LogP contribution in [0.4, 0.5) is 18.0 Å². The minimum atomic E-state index is -3.32. The molecule has 232 valence electrons. The van der Waals surface area contributed by atoms with Crippen molar-refractivity contribution in [2.75, 3.05) is 39.6 Å². The Morgan fingerprint density at radius 1 is 1.14 bits per heavy atom. The number of aromatic nitrogens is 3. The number of halogens is 3. The second-order valence-electron chi connectivity index (χ2n) is 10.7. The number of hydrogen-bond donors (Lipinski definition) is 2. The average Bonchev–Trinajstić information content (AvgIpc) is 3.58. The fourth-order valence-electron chi connectivity index (χ4n) is 5.92. The van der Waals surface area contributed by atoms with Crippen molar-refractivity contribution in [2.45, 2.75) is 61.9 Å². The molecule has 1 amide bonds. The molecule has 0 radical (unpaired) electrons. The molecule has 3 fully saturated rings. The number of amides is 1. The molecular weight excluding hydrogens is 587 g/mol. The van der Waals surface area contributed by atoms with Gasteiger partial charge >= 0.3 is 6.09 Å². The first-order chi connectivity index (χ1) is 19.9. The number of piperidine rings is 1. The predicted molar refractivity (Wildman–Crippen MR) is 138 cm³/mol. The first-order valence-corrected chi connectivity index (χ1v) is 15.2. The van der Waals surface area contributed by atoms with Crippen molar-refractivity contribution in [2.24, 2.45) is 0 Å². The highest BCUT2D eigenvalue weighted by atomic mass is 32.2. The maximum Gasteiger partial charge on any atom is 0.410 e. The highest BCUT2D eigenvalue weighted by Gasteiger charge is 2.49. The van der Waals surface area contributed by atoms with Gasteiger partial charge in [-0.25, -0.2) is 35.4 Å². The summed E-state index contributed by atoms with van der Waals surface area (Å²) in [6.07, 6.45) is -1.72. The molecule has 3 aliphatic rings. The monoisotopic (exact) mass is 619 g/mol. The first kappa shape index (κ1) is 30.6. The van der Waals surface area contributed by atoms with Crippen molar-refractivity contribution in [3.8, 4) is 11.3 Å². The molecule has 1 aromatic carbocycles. The van der Waals surface area contributed by atoms with Crippen molar-refractivity contribution < 1.29 is 50.8 Å². The number of carbonyl (C=O) groups excluding carboxylic acids is 1. The molecule has 4 heterocycles. The van der Waals surface area contributed by atoms with Crippen LogP contribution in [0.3, 0.4) is 0 Å². The Kier molecular flexibility index (Phi) is 8.78. The first-order valence-electron chi connectivity index (χ1n) is 13.4. The minimum absolute atomic E-state index is 0.000675. The molecule has 5 rings (SSSR count). The third-order valence-electron chi connectivity index (χ3n) is 8.06. The van der Waals surface area contributed by atoms with Gasteiger partial charge in [0.1, 0.15) is 36.2 Å². The molecule has 0 aliphatic carbocycles. The summed E-state index contributed by atoms with van der Waals surface area (Å²) < 4.78 is 84.6. The van der Waals surface area contributed by atoms with E-state index in [9.17, 15) is 36.6 Å². The van der Waals surface area contributed by atoms with E-state index in [0.29, 0.717) is 25.9 Å². The van der Waals surface area contributed by atoms with Crippen molar-refractivity contribution in [3.05, 3.63) is 35.8 Å². The molecule has 0 bridgehead atoms. The Morgan fingerprint density at radius 2 is 1.81 bits per heavy atom. The van der Waals surface area contributed by atoms with Crippen molar-refractivity contribution >= 4 is 16.1 Å². The SMILES string of the molecule is CO[C@@H]1[C@@H](n2cc(-c3cc(F)c(F)c(F)c3)nn2)[C@@H](O)[C@@H](CO)O[C@@H]1CC1CN(C2CCN(S(C)(=O)=O)CC2)C(=O)O1. The second-order valence-corrected chi connectivity index (χ2v) is 12.7. The van der Waals surface area contributed by atoms with Crippen molar-refractivity contribution in [3.63, 3.8) is 0 Å².